The Hall–Kier alpha value is -0.900. The average Bonchev–Trinajstić information content (AvgIpc) is 2.47. The molecule has 0 aliphatic rings. The van der Waals surface area contributed by atoms with E-state index in [-0.39, 0.29) is 5.82 Å². The van der Waals surface area contributed by atoms with Crippen LogP contribution in [0.4, 0.5) is 4.39 Å². The zero-order valence-electron chi connectivity index (χ0n) is 10.8. The SMILES string of the molecule is Fc1cc(Br)ccc1C(Cl)c1ccc(Br)c2ccccc12. The summed E-state index contributed by atoms with van der Waals surface area (Å²) in [6.45, 7) is 0. The predicted molar refractivity (Wildman–Crippen MR) is 93.4 cm³/mol. The fraction of sp³-hybridized carbons (Fsp3) is 0.0588. The summed E-state index contributed by atoms with van der Waals surface area (Å²) in [6.07, 6.45) is 0. The molecule has 4 heteroatoms. The fourth-order valence-corrected chi connectivity index (χ4v) is 3.56. The number of rotatable bonds is 2. The van der Waals surface area contributed by atoms with Gasteiger partial charge in [-0.3, -0.25) is 0 Å². The topological polar surface area (TPSA) is 0 Å². The highest BCUT2D eigenvalue weighted by molar-refractivity contribution is 9.11. The standard InChI is InChI=1S/C17H10Br2ClF/c18-10-5-6-14(16(21)9-10)17(20)13-7-8-15(19)12-4-2-1-3-11(12)13/h1-9,17H. The van der Waals surface area contributed by atoms with Crippen LogP contribution in [0.5, 0.6) is 0 Å². The second-order valence-corrected chi connectivity index (χ2v) is 6.92. The van der Waals surface area contributed by atoms with Gasteiger partial charge in [-0.1, -0.05) is 68.3 Å². The number of fused-ring (bicyclic) bond motifs is 1. The van der Waals surface area contributed by atoms with Gasteiger partial charge in [0.1, 0.15) is 5.82 Å². The van der Waals surface area contributed by atoms with Gasteiger partial charge in [0, 0.05) is 14.5 Å². The molecule has 3 rings (SSSR count). The van der Waals surface area contributed by atoms with Crippen LogP contribution in [0.15, 0.2) is 63.5 Å². The number of hydrogen-bond donors (Lipinski definition) is 0. The highest BCUT2D eigenvalue weighted by Gasteiger charge is 2.18. The normalized spacial score (nSPS) is 12.6. The summed E-state index contributed by atoms with van der Waals surface area (Å²) >= 11 is 13.3. The minimum absolute atomic E-state index is 0.309. The van der Waals surface area contributed by atoms with E-state index < -0.39 is 5.38 Å². The van der Waals surface area contributed by atoms with Gasteiger partial charge >= 0.3 is 0 Å². The molecule has 1 atom stereocenters. The Bertz CT molecular complexity index is 817. The quantitative estimate of drug-likeness (QED) is 0.392. The summed E-state index contributed by atoms with van der Waals surface area (Å²) in [5, 5.41) is 1.56. The molecule has 0 nitrogen and oxygen atoms in total. The zero-order valence-corrected chi connectivity index (χ0v) is 14.7. The second-order valence-electron chi connectivity index (χ2n) is 4.71. The van der Waals surface area contributed by atoms with Crippen LogP contribution in [-0.4, -0.2) is 0 Å². The zero-order chi connectivity index (χ0) is 15.0. The Balaban J connectivity index is 2.18. The van der Waals surface area contributed by atoms with Gasteiger partial charge in [0.15, 0.2) is 0 Å². The highest BCUT2D eigenvalue weighted by Crippen LogP contribution is 2.37. The minimum Gasteiger partial charge on any atom is -0.207 e. The van der Waals surface area contributed by atoms with E-state index in [0.29, 0.717) is 10.0 Å². The summed E-state index contributed by atoms with van der Waals surface area (Å²) in [6, 6.07) is 16.8. The van der Waals surface area contributed by atoms with E-state index in [1.54, 1.807) is 12.1 Å². The third kappa shape index (κ3) is 2.87. The fourth-order valence-electron chi connectivity index (χ4n) is 2.38. The number of halogens is 4. The molecule has 0 saturated heterocycles. The Kier molecular flexibility index (Phi) is 4.34. The van der Waals surface area contributed by atoms with Crippen LogP contribution in [0, 0.1) is 5.82 Å². The largest absolute Gasteiger partial charge is 0.207 e. The van der Waals surface area contributed by atoms with Crippen LogP contribution in [0.2, 0.25) is 0 Å². The summed E-state index contributed by atoms with van der Waals surface area (Å²) < 4.78 is 15.8. The molecular weight excluding hydrogens is 418 g/mol. The van der Waals surface area contributed by atoms with Crippen LogP contribution in [0.3, 0.4) is 0 Å². The van der Waals surface area contributed by atoms with Gasteiger partial charge in [0.25, 0.3) is 0 Å². The van der Waals surface area contributed by atoms with Crippen LogP contribution >= 0.6 is 43.5 Å². The van der Waals surface area contributed by atoms with Crippen molar-refractivity contribution in [3.8, 4) is 0 Å². The molecule has 0 heterocycles. The van der Waals surface area contributed by atoms with Crippen molar-refractivity contribution in [2.24, 2.45) is 0 Å². The van der Waals surface area contributed by atoms with E-state index in [9.17, 15) is 4.39 Å². The first kappa shape index (κ1) is 15.0. The Morgan fingerprint density at radius 3 is 2.24 bits per heavy atom. The van der Waals surface area contributed by atoms with Gasteiger partial charge in [-0.05, 0) is 34.5 Å². The van der Waals surface area contributed by atoms with Crippen molar-refractivity contribution in [1.29, 1.82) is 0 Å². The van der Waals surface area contributed by atoms with Gasteiger partial charge in [-0.25, -0.2) is 4.39 Å². The van der Waals surface area contributed by atoms with Crippen molar-refractivity contribution >= 4 is 54.2 Å². The molecule has 0 aliphatic heterocycles. The lowest BCUT2D eigenvalue weighted by Crippen LogP contribution is -1.98. The third-order valence-electron chi connectivity index (χ3n) is 3.41. The van der Waals surface area contributed by atoms with Crippen molar-refractivity contribution in [1.82, 2.24) is 0 Å². The van der Waals surface area contributed by atoms with E-state index in [4.69, 9.17) is 11.6 Å². The van der Waals surface area contributed by atoms with Crippen LogP contribution in [0.1, 0.15) is 16.5 Å². The van der Waals surface area contributed by atoms with Crippen molar-refractivity contribution < 1.29 is 4.39 Å². The average molecular weight is 429 g/mol. The Morgan fingerprint density at radius 2 is 1.52 bits per heavy atom. The van der Waals surface area contributed by atoms with Crippen LogP contribution < -0.4 is 0 Å². The molecule has 0 radical (unpaired) electrons. The smallest absolute Gasteiger partial charge is 0.129 e. The molecule has 3 aromatic carbocycles. The maximum Gasteiger partial charge on any atom is 0.129 e. The highest BCUT2D eigenvalue weighted by atomic mass is 79.9. The summed E-state index contributed by atoms with van der Waals surface area (Å²) in [4.78, 5) is 0. The molecule has 0 amide bonds. The van der Waals surface area contributed by atoms with Crippen molar-refractivity contribution in [3.05, 3.63) is 80.5 Å². The number of hydrogen-bond acceptors (Lipinski definition) is 0. The van der Waals surface area contributed by atoms with E-state index in [2.05, 4.69) is 31.9 Å². The summed E-state index contributed by atoms with van der Waals surface area (Å²) in [5.41, 5.74) is 1.38. The predicted octanol–water partition coefficient (Wildman–Crippen LogP) is 6.83. The molecule has 0 aliphatic carbocycles. The summed E-state index contributed by atoms with van der Waals surface area (Å²) in [5.74, 6) is -0.309. The van der Waals surface area contributed by atoms with E-state index in [1.807, 2.05) is 36.4 Å². The van der Waals surface area contributed by atoms with Gasteiger partial charge in [-0.15, -0.1) is 11.6 Å². The molecule has 21 heavy (non-hydrogen) atoms. The molecule has 106 valence electrons. The third-order valence-corrected chi connectivity index (χ3v) is 5.07. The Labute approximate surface area is 144 Å². The van der Waals surface area contributed by atoms with Crippen LogP contribution in [0.25, 0.3) is 10.8 Å². The molecular formula is C17H10Br2ClF. The number of benzene rings is 3. The van der Waals surface area contributed by atoms with Gasteiger partial charge in [0.2, 0.25) is 0 Å². The monoisotopic (exact) mass is 426 g/mol. The molecule has 0 bridgehead atoms. The Morgan fingerprint density at radius 1 is 0.857 bits per heavy atom. The molecule has 3 aromatic rings. The molecule has 0 aromatic heterocycles. The lowest BCUT2D eigenvalue weighted by Gasteiger charge is -2.15. The maximum atomic E-state index is 14.1. The van der Waals surface area contributed by atoms with E-state index >= 15 is 0 Å². The molecule has 0 saturated carbocycles. The van der Waals surface area contributed by atoms with Crippen molar-refractivity contribution in [3.63, 3.8) is 0 Å². The van der Waals surface area contributed by atoms with Crippen LogP contribution in [-0.2, 0) is 0 Å². The van der Waals surface area contributed by atoms with E-state index in [0.717, 1.165) is 20.8 Å². The van der Waals surface area contributed by atoms with Gasteiger partial charge in [0.05, 0.1) is 5.38 Å². The second kappa shape index (κ2) is 6.07. The first-order valence-electron chi connectivity index (χ1n) is 6.34. The molecule has 0 N–H and O–H groups in total. The molecule has 0 spiro atoms. The first-order valence-corrected chi connectivity index (χ1v) is 8.36. The first-order chi connectivity index (χ1) is 10.1. The summed E-state index contributed by atoms with van der Waals surface area (Å²) in [7, 11) is 0. The lowest BCUT2D eigenvalue weighted by atomic mass is 9.98. The van der Waals surface area contributed by atoms with Gasteiger partial charge < -0.3 is 0 Å². The van der Waals surface area contributed by atoms with Crippen molar-refractivity contribution in [2.75, 3.05) is 0 Å². The van der Waals surface area contributed by atoms with E-state index in [1.165, 1.54) is 6.07 Å². The lowest BCUT2D eigenvalue weighted by molar-refractivity contribution is 0.611. The van der Waals surface area contributed by atoms with Crippen molar-refractivity contribution in [2.45, 2.75) is 5.38 Å². The van der Waals surface area contributed by atoms with Gasteiger partial charge in [-0.2, -0.15) is 0 Å². The molecule has 1 unspecified atom stereocenters. The maximum absolute atomic E-state index is 14.1. The minimum atomic E-state index is -0.531. The molecule has 0 fully saturated rings. The number of alkyl halides is 1.